The zero-order valence-corrected chi connectivity index (χ0v) is 15.9. The van der Waals surface area contributed by atoms with Gasteiger partial charge in [-0.1, -0.05) is 43.2 Å². The van der Waals surface area contributed by atoms with Crippen molar-refractivity contribution in [1.82, 2.24) is 4.90 Å². The van der Waals surface area contributed by atoms with E-state index in [9.17, 15) is 4.79 Å². The number of carbonyl (C=O) groups is 1. The van der Waals surface area contributed by atoms with Crippen molar-refractivity contribution in [2.75, 3.05) is 20.7 Å². The van der Waals surface area contributed by atoms with Crippen LogP contribution in [0.15, 0.2) is 30.3 Å². The molecule has 1 aliphatic heterocycles. The average Bonchev–Trinajstić information content (AvgIpc) is 2.88. The van der Waals surface area contributed by atoms with E-state index in [-0.39, 0.29) is 12.0 Å². The van der Waals surface area contributed by atoms with Crippen LogP contribution in [0.5, 0.6) is 0 Å². The summed E-state index contributed by atoms with van der Waals surface area (Å²) in [5.74, 6) is -0.721. The van der Waals surface area contributed by atoms with E-state index in [2.05, 4.69) is 12.1 Å². The Hall–Kier alpha value is -1.43. The SMILES string of the molecule is CN(C)C(=O)[C@@H]1OC(C)(C)O[C@H]1CCCCCOCc1ccccc1. The molecule has 0 spiro atoms. The van der Waals surface area contributed by atoms with Crippen LogP contribution in [0, 0.1) is 0 Å². The molecule has 1 amide bonds. The summed E-state index contributed by atoms with van der Waals surface area (Å²) in [6.45, 7) is 5.14. The van der Waals surface area contributed by atoms with Gasteiger partial charge in [0, 0.05) is 20.7 Å². The molecule has 1 aromatic carbocycles. The molecule has 1 aliphatic rings. The predicted molar refractivity (Wildman–Crippen MR) is 97.1 cm³/mol. The van der Waals surface area contributed by atoms with Crippen LogP contribution < -0.4 is 0 Å². The molecule has 0 N–H and O–H groups in total. The van der Waals surface area contributed by atoms with Gasteiger partial charge in [0.2, 0.25) is 0 Å². The molecule has 1 fully saturated rings. The molecular weight excluding hydrogens is 318 g/mol. The smallest absolute Gasteiger partial charge is 0.254 e. The van der Waals surface area contributed by atoms with Crippen LogP contribution in [0.4, 0.5) is 0 Å². The van der Waals surface area contributed by atoms with Crippen molar-refractivity contribution in [3.63, 3.8) is 0 Å². The molecule has 0 aliphatic carbocycles. The molecule has 5 heteroatoms. The van der Waals surface area contributed by atoms with Crippen molar-refractivity contribution in [2.45, 2.75) is 64.1 Å². The molecule has 0 bridgehead atoms. The van der Waals surface area contributed by atoms with Gasteiger partial charge in [0.05, 0.1) is 12.7 Å². The maximum absolute atomic E-state index is 12.3. The van der Waals surface area contributed by atoms with Crippen LogP contribution >= 0.6 is 0 Å². The molecule has 1 heterocycles. The molecule has 2 rings (SSSR count). The molecule has 5 nitrogen and oxygen atoms in total. The molecule has 1 saturated heterocycles. The first kappa shape index (κ1) is 19.9. The second kappa shape index (κ2) is 9.32. The summed E-state index contributed by atoms with van der Waals surface area (Å²) in [7, 11) is 3.50. The molecule has 1 aromatic rings. The van der Waals surface area contributed by atoms with E-state index in [1.54, 1.807) is 19.0 Å². The van der Waals surface area contributed by atoms with Gasteiger partial charge in [0.1, 0.15) is 0 Å². The first-order chi connectivity index (χ1) is 11.9. The molecule has 0 aromatic heterocycles. The van der Waals surface area contributed by atoms with Gasteiger partial charge in [-0.05, 0) is 32.3 Å². The number of hydrogen-bond acceptors (Lipinski definition) is 4. The predicted octanol–water partition coefficient (Wildman–Crippen LogP) is 3.37. The Labute approximate surface area is 151 Å². The van der Waals surface area contributed by atoms with Crippen molar-refractivity contribution < 1.29 is 19.0 Å². The first-order valence-corrected chi connectivity index (χ1v) is 9.07. The van der Waals surface area contributed by atoms with Gasteiger partial charge in [0.15, 0.2) is 11.9 Å². The van der Waals surface area contributed by atoms with Crippen molar-refractivity contribution in [3.05, 3.63) is 35.9 Å². The molecule has 2 atom stereocenters. The van der Waals surface area contributed by atoms with E-state index in [4.69, 9.17) is 14.2 Å². The highest BCUT2D eigenvalue weighted by molar-refractivity contribution is 5.81. The lowest BCUT2D eigenvalue weighted by molar-refractivity contribution is -0.160. The van der Waals surface area contributed by atoms with E-state index < -0.39 is 11.9 Å². The van der Waals surface area contributed by atoms with Gasteiger partial charge in [-0.15, -0.1) is 0 Å². The highest BCUT2D eigenvalue weighted by atomic mass is 16.8. The molecule has 0 unspecified atom stereocenters. The van der Waals surface area contributed by atoms with Gasteiger partial charge in [-0.25, -0.2) is 0 Å². The van der Waals surface area contributed by atoms with Crippen LogP contribution in [0.25, 0.3) is 0 Å². The van der Waals surface area contributed by atoms with Crippen molar-refractivity contribution in [3.8, 4) is 0 Å². The normalized spacial score (nSPS) is 22.1. The molecular formula is C20H31NO4. The molecule has 0 saturated carbocycles. The number of rotatable bonds is 9. The largest absolute Gasteiger partial charge is 0.377 e. The fourth-order valence-electron chi connectivity index (χ4n) is 3.00. The third-order valence-corrected chi connectivity index (χ3v) is 4.26. The Kier molecular flexibility index (Phi) is 7.41. The topological polar surface area (TPSA) is 48.0 Å². The van der Waals surface area contributed by atoms with Crippen LogP contribution in [-0.2, 0) is 25.6 Å². The van der Waals surface area contributed by atoms with Gasteiger partial charge < -0.3 is 19.1 Å². The third kappa shape index (κ3) is 6.42. The zero-order chi connectivity index (χ0) is 18.3. The Morgan fingerprint density at radius 2 is 1.84 bits per heavy atom. The molecule has 25 heavy (non-hydrogen) atoms. The maximum atomic E-state index is 12.3. The lowest BCUT2D eigenvalue weighted by Crippen LogP contribution is -2.40. The number of amides is 1. The highest BCUT2D eigenvalue weighted by Crippen LogP contribution is 2.31. The minimum atomic E-state index is -0.695. The van der Waals surface area contributed by atoms with Gasteiger partial charge in [-0.3, -0.25) is 4.79 Å². The fourth-order valence-corrected chi connectivity index (χ4v) is 3.00. The third-order valence-electron chi connectivity index (χ3n) is 4.26. The quantitative estimate of drug-likeness (QED) is 0.641. The minimum absolute atomic E-state index is 0.0261. The Morgan fingerprint density at radius 3 is 2.52 bits per heavy atom. The van der Waals surface area contributed by atoms with Crippen LogP contribution in [0.3, 0.4) is 0 Å². The van der Waals surface area contributed by atoms with Gasteiger partial charge in [0.25, 0.3) is 5.91 Å². The van der Waals surface area contributed by atoms with E-state index in [1.807, 2.05) is 32.0 Å². The van der Waals surface area contributed by atoms with Crippen molar-refractivity contribution in [2.24, 2.45) is 0 Å². The monoisotopic (exact) mass is 349 g/mol. The summed E-state index contributed by atoms with van der Waals surface area (Å²) >= 11 is 0. The van der Waals surface area contributed by atoms with E-state index in [0.29, 0.717) is 6.61 Å². The fraction of sp³-hybridized carbons (Fsp3) is 0.650. The average molecular weight is 349 g/mol. The number of unbranched alkanes of at least 4 members (excludes halogenated alkanes) is 2. The Bertz CT molecular complexity index is 530. The standard InChI is InChI=1S/C20H31NO4/c1-20(2)24-17(18(25-20)19(22)21(3)4)13-9-6-10-14-23-15-16-11-7-5-8-12-16/h5,7-8,11-12,17-18H,6,9-10,13-15H2,1-4H3/t17-,18+/m0/s1. The number of nitrogens with zero attached hydrogens (tertiary/aromatic N) is 1. The maximum Gasteiger partial charge on any atom is 0.254 e. The van der Waals surface area contributed by atoms with E-state index >= 15 is 0 Å². The number of benzene rings is 1. The highest BCUT2D eigenvalue weighted by Gasteiger charge is 2.45. The first-order valence-electron chi connectivity index (χ1n) is 9.07. The van der Waals surface area contributed by atoms with Crippen molar-refractivity contribution in [1.29, 1.82) is 0 Å². The van der Waals surface area contributed by atoms with Gasteiger partial charge >= 0.3 is 0 Å². The Morgan fingerprint density at radius 1 is 1.12 bits per heavy atom. The summed E-state index contributed by atoms with van der Waals surface area (Å²) in [5.41, 5.74) is 1.20. The van der Waals surface area contributed by atoms with Crippen LogP contribution in [-0.4, -0.2) is 49.5 Å². The molecule has 140 valence electrons. The number of likely N-dealkylation sites (N-methyl/N-ethyl adjacent to an activating group) is 1. The summed E-state index contributed by atoms with van der Waals surface area (Å²) < 4.78 is 17.4. The van der Waals surface area contributed by atoms with Crippen LogP contribution in [0.2, 0.25) is 0 Å². The van der Waals surface area contributed by atoms with Crippen molar-refractivity contribution >= 4 is 5.91 Å². The second-order valence-corrected chi connectivity index (χ2v) is 7.21. The Balaban J connectivity index is 1.63. The van der Waals surface area contributed by atoms with Crippen LogP contribution in [0.1, 0.15) is 45.1 Å². The van der Waals surface area contributed by atoms with Gasteiger partial charge in [-0.2, -0.15) is 0 Å². The number of ether oxygens (including phenoxy) is 3. The zero-order valence-electron chi connectivity index (χ0n) is 15.9. The number of hydrogen-bond donors (Lipinski definition) is 0. The lowest BCUT2D eigenvalue weighted by Gasteiger charge is -2.20. The second-order valence-electron chi connectivity index (χ2n) is 7.21. The summed E-state index contributed by atoms with van der Waals surface area (Å²) in [6, 6.07) is 10.2. The summed E-state index contributed by atoms with van der Waals surface area (Å²) in [5, 5.41) is 0. The number of carbonyl (C=O) groups excluding carboxylic acids is 1. The van der Waals surface area contributed by atoms with E-state index in [0.717, 1.165) is 32.3 Å². The minimum Gasteiger partial charge on any atom is -0.377 e. The molecule has 0 radical (unpaired) electrons. The summed E-state index contributed by atoms with van der Waals surface area (Å²) in [4.78, 5) is 13.8. The summed E-state index contributed by atoms with van der Waals surface area (Å²) in [6.07, 6.45) is 3.21. The van der Waals surface area contributed by atoms with E-state index in [1.165, 1.54) is 5.56 Å². The lowest BCUT2D eigenvalue weighted by atomic mass is 10.1.